The average molecular weight is 413 g/mol. The number of nitrogens with one attached hydrogen (secondary N) is 1. The summed E-state index contributed by atoms with van der Waals surface area (Å²) in [6.45, 7) is 0. The summed E-state index contributed by atoms with van der Waals surface area (Å²) in [5, 5.41) is 22.4. The molecule has 0 saturated carbocycles. The minimum absolute atomic E-state index is 0.0267. The molecule has 2 aromatic carbocycles. The second-order valence-electron chi connectivity index (χ2n) is 6.59. The Bertz CT molecular complexity index is 1120. The van der Waals surface area contributed by atoms with Crippen LogP contribution in [-0.4, -0.2) is 29.2 Å². The van der Waals surface area contributed by atoms with Gasteiger partial charge in [-0.05, 0) is 35.4 Å². The number of fused-ring (bicyclic) bond motifs is 1. The summed E-state index contributed by atoms with van der Waals surface area (Å²) in [6.07, 6.45) is 0.128. The van der Waals surface area contributed by atoms with Crippen molar-refractivity contribution in [2.24, 2.45) is 0 Å². The number of methoxy groups -OCH3 is 1. The Balaban J connectivity index is 1.92. The Morgan fingerprint density at radius 3 is 2.62 bits per heavy atom. The van der Waals surface area contributed by atoms with Gasteiger partial charge in [0.05, 0.1) is 12.8 Å². The van der Waals surface area contributed by atoms with Crippen molar-refractivity contribution in [2.75, 3.05) is 12.4 Å². The van der Waals surface area contributed by atoms with Gasteiger partial charge in [-0.25, -0.2) is 9.18 Å². The van der Waals surface area contributed by atoms with E-state index in [0.717, 1.165) is 16.9 Å². The van der Waals surface area contributed by atoms with Crippen LogP contribution in [0.5, 0.6) is 11.5 Å². The fraction of sp³-hybridized carbons (Fsp3) is 0.143. The summed E-state index contributed by atoms with van der Waals surface area (Å²) in [6, 6.07) is 10.3. The maximum Gasteiger partial charge on any atom is 0.346 e. The number of carbonyl (C=O) groups is 2. The number of hydrogen-bond donors (Lipinski definition) is 3. The molecule has 2 heterocycles. The molecule has 0 fully saturated rings. The van der Waals surface area contributed by atoms with E-state index in [2.05, 4.69) is 5.32 Å². The molecule has 8 heteroatoms. The highest BCUT2D eigenvalue weighted by Gasteiger charge is 2.34. The fourth-order valence-electron chi connectivity index (χ4n) is 3.51. The molecule has 1 atom stereocenters. The molecule has 0 aliphatic carbocycles. The van der Waals surface area contributed by atoms with Crippen molar-refractivity contribution in [3.8, 4) is 22.6 Å². The van der Waals surface area contributed by atoms with E-state index < -0.39 is 17.7 Å². The van der Waals surface area contributed by atoms with Crippen molar-refractivity contribution in [3.63, 3.8) is 0 Å². The number of benzene rings is 2. The number of phenolic OH excluding ortho intramolecular Hbond substituents is 1. The Labute approximate surface area is 169 Å². The van der Waals surface area contributed by atoms with E-state index in [1.54, 1.807) is 12.1 Å². The Morgan fingerprint density at radius 2 is 1.97 bits per heavy atom. The van der Waals surface area contributed by atoms with Crippen LogP contribution in [0.4, 0.5) is 10.1 Å². The van der Waals surface area contributed by atoms with Crippen LogP contribution >= 0.6 is 11.3 Å². The van der Waals surface area contributed by atoms with Gasteiger partial charge in [0.25, 0.3) is 0 Å². The van der Waals surface area contributed by atoms with Crippen LogP contribution in [0.15, 0.2) is 42.5 Å². The molecule has 3 N–H and O–H groups in total. The van der Waals surface area contributed by atoms with Crippen molar-refractivity contribution in [1.82, 2.24) is 0 Å². The Morgan fingerprint density at radius 1 is 1.24 bits per heavy atom. The number of aromatic carboxylic acids is 1. The third kappa shape index (κ3) is 3.31. The lowest BCUT2D eigenvalue weighted by Gasteiger charge is -2.24. The van der Waals surface area contributed by atoms with Gasteiger partial charge >= 0.3 is 5.97 Å². The number of phenols is 1. The molecule has 29 heavy (non-hydrogen) atoms. The monoisotopic (exact) mass is 413 g/mol. The Hall–Kier alpha value is -3.39. The molecular weight excluding hydrogens is 397 g/mol. The van der Waals surface area contributed by atoms with Gasteiger partial charge in [-0.15, -0.1) is 11.3 Å². The molecular formula is C21H16FNO5S. The largest absolute Gasteiger partial charge is 0.504 e. The third-order valence-electron chi connectivity index (χ3n) is 4.84. The van der Waals surface area contributed by atoms with E-state index in [0.29, 0.717) is 21.7 Å². The summed E-state index contributed by atoms with van der Waals surface area (Å²) in [4.78, 5) is 25.1. The van der Waals surface area contributed by atoms with Crippen LogP contribution in [0.2, 0.25) is 0 Å². The number of amides is 1. The minimum Gasteiger partial charge on any atom is -0.504 e. The second kappa shape index (κ2) is 7.21. The number of anilines is 1. The highest BCUT2D eigenvalue weighted by atomic mass is 32.1. The van der Waals surface area contributed by atoms with Gasteiger partial charge in [-0.1, -0.05) is 18.2 Å². The lowest BCUT2D eigenvalue weighted by Crippen LogP contribution is -2.22. The second-order valence-corrected chi connectivity index (χ2v) is 7.65. The first-order valence-electron chi connectivity index (χ1n) is 8.71. The lowest BCUT2D eigenvalue weighted by molar-refractivity contribution is -0.116. The number of carboxylic acid groups (broad SMARTS) is 1. The highest BCUT2D eigenvalue weighted by molar-refractivity contribution is 7.15. The van der Waals surface area contributed by atoms with Crippen LogP contribution in [0.3, 0.4) is 0 Å². The zero-order chi connectivity index (χ0) is 20.7. The quantitative estimate of drug-likeness (QED) is 0.588. The lowest BCUT2D eigenvalue weighted by atomic mass is 9.88. The zero-order valence-electron chi connectivity index (χ0n) is 15.2. The maximum atomic E-state index is 13.4. The minimum atomic E-state index is -1.12. The normalized spacial score (nSPS) is 15.5. The van der Waals surface area contributed by atoms with Gasteiger partial charge in [-0.2, -0.15) is 0 Å². The molecule has 1 aromatic heterocycles. The van der Waals surface area contributed by atoms with E-state index in [1.807, 2.05) is 0 Å². The molecule has 148 valence electrons. The molecule has 0 spiro atoms. The van der Waals surface area contributed by atoms with E-state index in [4.69, 9.17) is 4.74 Å². The molecule has 0 bridgehead atoms. The maximum absolute atomic E-state index is 13.4. The first-order valence-corrected chi connectivity index (χ1v) is 9.53. The number of halogens is 1. The molecule has 1 aliphatic rings. The summed E-state index contributed by atoms with van der Waals surface area (Å²) < 4.78 is 18.5. The first kappa shape index (κ1) is 18.9. The fourth-order valence-corrected chi connectivity index (χ4v) is 4.76. The van der Waals surface area contributed by atoms with Crippen LogP contribution in [0, 0.1) is 5.82 Å². The SMILES string of the molecule is COc1cc([C@@H]2CC(=O)Nc3c2sc(C(=O)O)c3-c2ccc(F)cc2)ccc1O. The molecule has 6 nitrogen and oxygen atoms in total. The van der Waals surface area contributed by atoms with Gasteiger partial charge in [0, 0.05) is 22.8 Å². The van der Waals surface area contributed by atoms with E-state index in [9.17, 15) is 24.2 Å². The van der Waals surface area contributed by atoms with Crippen LogP contribution in [-0.2, 0) is 4.79 Å². The van der Waals surface area contributed by atoms with Gasteiger partial charge in [-0.3, -0.25) is 4.79 Å². The number of hydrogen-bond acceptors (Lipinski definition) is 5. The van der Waals surface area contributed by atoms with Crippen molar-refractivity contribution >= 4 is 28.9 Å². The van der Waals surface area contributed by atoms with Crippen molar-refractivity contribution < 1.29 is 28.9 Å². The number of carboxylic acids is 1. The molecule has 1 amide bonds. The predicted octanol–water partition coefficient (Wildman–Crippen LogP) is 4.44. The number of carbonyl (C=O) groups excluding carboxylic acids is 1. The Kier molecular flexibility index (Phi) is 4.71. The van der Waals surface area contributed by atoms with Crippen molar-refractivity contribution in [3.05, 3.63) is 63.6 Å². The molecule has 0 saturated heterocycles. The van der Waals surface area contributed by atoms with Gasteiger partial charge in [0.1, 0.15) is 10.7 Å². The zero-order valence-corrected chi connectivity index (χ0v) is 16.0. The molecule has 4 rings (SSSR count). The molecule has 0 radical (unpaired) electrons. The number of rotatable bonds is 4. The number of ether oxygens (including phenoxy) is 1. The van der Waals surface area contributed by atoms with E-state index in [-0.39, 0.29) is 28.7 Å². The number of aromatic hydroxyl groups is 1. The predicted molar refractivity (Wildman–Crippen MR) is 106 cm³/mol. The first-order chi connectivity index (χ1) is 13.9. The molecule has 0 unspecified atom stereocenters. The van der Waals surface area contributed by atoms with Gasteiger partial charge in [0.2, 0.25) is 5.91 Å². The van der Waals surface area contributed by atoms with Crippen molar-refractivity contribution in [1.29, 1.82) is 0 Å². The van der Waals surface area contributed by atoms with Crippen molar-refractivity contribution in [2.45, 2.75) is 12.3 Å². The molecule has 1 aliphatic heterocycles. The number of thiophene rings is 1. The smallest absolute Gasteiger partial charge is 0.346 e. The van der Waals surface area contributed by atoms with Crippen LogP contribution in [0.1, 0.15) is 32.5 Å². The summed E-state index contributed by atoms with van der Waals surface area (Å²) >= 11 is 1.08. The average Bonchev–Trinajstić information content (AvgIpc) is 3.08. The summed E-state index contributed by atoms with van der Waals surface area (Å²) in [5.41, 5.74) is 2.01. The van der Waals surface area contributed by atoms with E-state index >= 15 is 0 Å². The van der Waals surface area contributed by atoms with Gasteiger partial charge < -0.3 is 20.3 Å². The summed E-state index contributed by atoms with van der Waals surface area (Å²) in [7, 11) is 1.43. The molecule has 3 aromatic rings. The van der Waals surface area contributed by atoms with E-state index in [1.165, 1.54) is 37.4 Å². The topological polar surface area (TPSA) is 95.9 Å². The standard InChI is InChI=1S/C21H16FNO5S/c1-28-15-8-11(4-7-14(15)24)13-9-16(25)23-18-17(10-2-5-12(22)6-3-10)20(21(26)27)29-19(13)18/h2-8,13,24H,9H2,1H3,(H,23,25)(H,26,27)/t13-/m0/s1. The van der Waals surface area contributed by atoms with Crippen LogP contribution < -0.4 is 10.1 Å². The summed E-state index contributed by atoms with van der Waals surface area (Å²) in [5.74, 6) is -1.98. The highest BCUT2D eigenvalue weighted by Crippen LogP contribution is 2.50. The van der Waals surface area contributed by atoms with Crippen LogP contribution in [0.25, 0.3) is 11.1 Å². The van der Waals surface area contributed by atoms with Gasteiger partial charge in [0.15, 0.2) is 11.5 Å². The third-order valence-corrected chi connectivity index (χ3v) is 6.13.